The molecule has 0 aromatic rings. The smallest absolute Gasteiger partial charge is 0.410 e. The van der Waals surface area contributed by atoms with Gasteiger partial charge < -0.3 is 4.74 Å². The number of allylic oxidation sites excluding steroid dienone is 1. The van der Waals surface area contributed by atoms with Gasteiger partial charge in [-0.2, -0.15) is 0 Å². The number of ether oxygens (including phenoxy) is 1. The van der Waals surface area contributed by atoms with Crippen molar-refractivity contribution in [3.05, 3.63) is 25.3 Å². The summed E-state index contributed by atoms with van der Waals surface area (Å²) in [6.07, 6.45) is 2.05. The first-order chi connectivity index (χ1) is 7.53. The standard InChI is InChI=1S/C11H15F2NO2/c1-3-5-7-14-9(8-16-10(14)15)11(12,13)6-4-2/h3-4,9H,1-2,5-8H2/t9-/m1/s1. The summed E-state index contributed by atoms with van der Waals surface area (Å²) in [6.45, 7) is 6.71. The molecular weight excluding hydrogens is 216 g/mol. The van der Waals surface area contributed by atoms with Crippen LogP contribution in [0.25, 0.3) is 0 Å². The summed E-state index contributed by atoms with van der Waals surface area (Å²) in [5.41, 5.74) is 0. The molecule has 0 aromatic carbocycles. The highest BCUT2D eigenvalue weighted by molar-refractivity contribution is 5.70. The van der Waals surface area contributed by atoms with E-state index in [9.17, 15) is 13.6 Å². The van der Waals surface area contributed by atoms with E-state index in [-0.39, 0.29) is 13.2 Å². The van der Waals surface area contributed by atoms with Gasteiger partial charge in [-0.1, -0.05) is 12.2 Å². The van der Waals surface area contributed by atoms with Crippen molar-refractivity contribution in [2.75, 3.05) is 13.2 Å². The number of carbonyl (C=O) groups is 1. The Morgan fingerprint density at radius 3 is 2.75 bits per heavy atom. The van der Waals surface area contributed by atoms with Crippen LogP contribution >= 0.6 is 0 Å². The van der Waals surface area contributed by atoms with Crippen molar-refractivity contribution in [3.8, 4) is 0 Å². The Balaban J connectivity index is 2.73. The third-order valence-electron chi connectivity index (χ3n) is 2.45. The van der Waals surface area contributed by atoms with Crippen LogP contribution in [0.3, 0.4) is 0 Å². The van der Waals surface area contributed by atoms with Gasteiger partial charge in [0.05, 0.1) is 0 Å². The zero-order valence-electron chi connectivity index (χ0n) is 8.99. The average Bonchev–Trinajstić information content (AvgIpc) is 2.57. The van der Waals surface area contributed by atoms with E-state index in [0.29, 0.717) is 6.42 Å². The SMILES string of the molecule is C=CCCN1C(=O)OC[C@@H]1C(F)(F)CC=C. The van der Waals surface area contributed by atoms with Crippen LogP contribution < -0.4 is 0 Å². The Morgan fingerprint density at radius 1 is 1.50 bits per heavy atom. The number of cyclic esters (lactones) is 1. The molecule has 90 valence electrons. The highest BCUT2D eigenvalue weighted by Crippen LogP contribution is 2.31. The van der Waals surface area contributed by atoms with Crippen LogP contribution in [0.1, 0.15) is 12.8 Å². The van der Waals surface area contributed by atoms with E-state index in [1.165, 1.54) is 0 Å². The monoisotopic (exact) mass is 231 g/mol. The van der Waals surface area contributed by atoms with Crippen molar-refractivity contribution in [3.63, 3.8) is 0 Å². The third-order valence-corrected chi connectivity index (χ3v) is 2.45. The number of rotatable bonds is 6. The van der Waals surface area contributed by atoms with Crippen molar-refractivity contribution in [2.24, 2.45) is 0 Å². The number of carbonyl (C=O) groups excluding carboxylic acids is 1. The predicted molar refractivity (Wildman–Crippen MR) is 56.4 cm³/mol. The maximum Gasteiger partial charge on any atom is 0.410 e. The summed E-state index contributed by atoms with van der Waals surface area (Å²) >= 11 is 0. The number of halogens is 2. The molecule has 1 amide bonds. The largest absolute Gasteiger partial charge is 0.447 e. The average molecular weight is 231 g/mol. The first-order valence-corrected chi connectivity index (χ1v) is 5.06. The topological polar surface area (TPSA) is 29.5 Å². The Hall–Kier alpha value is -1.39. The summed E-state index contributed by atoms with van der Waals surface area (Å²) in [4.78, 5) is 12.3. The Kier molecular flexibility index (Phi) is 4.04. The Morgan fingerprint density at radius 2 is 2.19 bits per heavy atom. The molecule has 0 aliphatic carbocycles. The number of hydrogen-bond donors (Lipinski definition) is 0. The molecule has 0 bridgehead atoms. The van der Waals surface area contributed by atoms with Crippen LogP contribution in [-0.4, -0.2) is 36.1 Å². The molecule has 0 N–H and O–H groups in total. The molecule has 1 saturated heterocycles. The molecule has 0 spiro atoms. The molecule has 0 radical (unpaired) electrons. The highest BCUT2D eigenvalue weighted by atomic mass is 19.3. The zero-order chi connectivity index (χ0) is 12.2. The van der Waals surface area contributed by atoms with Gasteiger partial charge in [0.2, 0.25) is 0 Å². The van der Waals surface area contributed by atoms with Crippen LogP contribution in [0.5, 0.6) is 0 Å². The van der Waals surface area contributed by atoms with Crippen molar-refractivity contribution in [1.29, 1.82) is 0 Å². The number of amides is 1. The van der Waals surface area contributed by atoms with E-state index in [2.05, 4.69) is 17.9 Å². The van der Waals surface area contributed by atoms with Gasteiger partial charge in [0.1, 0.15) is 12.6 Å². The molecule has 3 nitrogen and oxygen atoms in total. The van der Waals surface area contributed by atoms with E-state index in [4.69, 9.17) is 0 Å². The summed E-state index contributed by atoms with van der Waals surface area (Å²) in [5.74, 6) is -2.99. The van der Waals surface area contributed by atoms with Crippen LogP contribution in [0.15, 0.2) is 25.3 Å². The molecule has 0 saturated carbocycles. The fraction of sp³-hybridized carbons (Fsp3) is 0.545. The third kappa shape index (κ3) is 2.59. The lowest BCUT2D eigenvalue weighted by Gasteiger charge is -2.27. The van der Waals surface area contributed by atoms with Crippen molar-refractivity contribution in [2.45, 2.75) is 24.8 Å². The van der Waals surface area contributed by atoms with Gasteiger partial charge >= 0.3 is 6.09 Å². The highest BCUT2D eigenvalue weighted by Gasteiger charge is 2.48. The molecule has 0 aromatic heterocycles. The van der Waals surface area contributed by atoms with Gasteiger partial charge in [-0.05, 0) is 6.42 Å². The van der Waals surface area contributed by atoms with Crippen molar-refractivity contribution in [1.82, 2.24) is 4.90 Å². The maximum absolute atomic E-state index is 13.6. The van der Waals surface area contributed by atoms with E-state index >= 15 is 0 Å². The summed E-state index contributed by atoms with van der Waals surface area (Å²) in [7, 11) is 0. The normalized spacial score (nSPS) is 20.8. The molecule has 1 aliphatic rings. The van der Waals surface area contributed by atoms with Crippen LogP contribution in [-0.2, 0) is 4.74 Å². The molecule has 1 fully saturated rings. The van der Waals surface area contributed by atoms with Crippen molar-refractivity contribution >= 4 is 6.09 Å². The molecule has 5 heteroatoms. The van der Waals surface area contributed by atoms with E-state index in [0.717, 1.165) is 11.0 Å². The summed E-state index contributed by atoms with van der Waals surface area (Å²) in [6, 6.07) is -1.20. The minimum Gasteiger partial charge on any atom is -0.447 e. The number of nitrogens with zero attached hydrogens (tertiary/aromatic N) is 1. The minimum atomic E-state index is -2.99. The molecule has 16 heavy (non-hydrogen) atoms. The Labute approximate surface area is 93.4 Å². The fourth-order valence-corrected chi connectivity index (χ4v) is 1.61. The minimum absolute atomic E-state index is 0.208. The number of hydrogen-bond acceptors (Lipinski definition) is 2. The zero-order valence-corrected chi connectivity index (χ0v) is 8.99. The van der Waals surface area contributed by atoms with Crippen LogP contribution in [0.2, 0.25) is 0 Å². The lowest BCUT2D eigenvalue weighted by atomic mass is 10.1. The fourth-order valence-electron chi connectivity index (χ4n) is 1.61. The summed E-state index contributed by atoms with van der Waals surface area (Å²) in [5, 5.41) is 0. The first kappa shape index (κ1) is 12.7. The molecular formula is C11H15F2NO2. The van der Waals surface area contributed by atoms with E-state index in [1.807, 2.05) is 0 Å². The van der Waals surface area contributed by atoms with Gasteiger partial charge in [-0.25, -0.2) is 13.6 Å². The van der Waals surface area contributed by atoms with Gasteiger partial charge in [-0.3, -0.25) is 4.90 Å². The summed E-state index contributed by atoms with van der Waals surface area (Å²) < 4.78 is 31.9. The maximum atomic E-state index is 13.6. The predicted octanol–water partition coefficient (Wildman–Crippen LogP) is 2.59. The molecule has 0 unspecified atom stereocenters. The van der Waals surface area contributed by atoms with E-state index < -0.39 is 24.5 Å². The van der Waals surface area contributed by atoms with Gasteiger partial charge in [-0.15, -0.1) is 13.2 Å². The quantitative estimate of drug-likeness (QED) is 0.657. The second kappa shape index (κ2) is 5.09. The van der Waals surface area contributed by atoms with Crippen LogP contribution in [0, 0.1) is 0 Å². The lowest BCUT2D eigenvalue weighted by molar-refractivity contribution is -0.0578. The molecule has 1 heterocycles. The van der Waals surface area contributed by atoms with Gasteiger partial charge in [0.25, 0.3) is 5.92 Å². The van der Waals surface area contributed by atoms with E-state index in [1.54, 1.807) is 6.08 Å². The second-order valence-corrected chi connectivity index (χ2v) is 3.62. The molecule has 1 aliphatic heterocycles. The van der Waals surface area contributed by atoms with Gasteiger partial charge in [0.15, 0.2) is 0 Å². The van der Waals surface area contributed by atoms with Crippen molar-refractivity contribution < 1.29 is 18.3 Å². The van der Waals surface area contributed by atoms with Gasteiger partial charge in [0, 0.05) is 13.0 Å². The molecule has 1 rings (SSSR count). The Bertz CT molecular complexity index is 292. The lowest BCUT2D eigenvalue weighted by Crippen LogP contribution is -2.46. The first-order valence-electron chi connectivity index (χ1n) is 5.06. The van der Waals surface area contributed by atoms with Crippen LogP contribution in [0.4, 0.5) is 13.6 Å². The molecule has 1 atom stereocenters. The second-order valence-electron chi connectivity index (χ2n) is 3.62. The number of alkyl halides is 2.